The Labute approximate surface area is 124 Å². The first-order valence-electron chi connectivity index (χ1n) is 6.88. The minimum atomic E-state index is -1.01. The fourth-order valence-electron chi connectivity index (χ4n) is 2.36. The van der Waals surface area contributed by atoms with Crippen LogP contribution in [0, 0.1) is 0 Å². The molecule has 6 nitrogen and oxygen atoms in total. The van der Waals surface area contributed by atoms with Gasteiger partial charge in [0, 0.05) is 25.0 Å². The predicted molar refractivity (Wildman–Crippen MR) is 79.1 cm³/mol. The number of carbonyl (C=O) groups excluding carboxylic acids is 1. The molecule has 2 amide bonds. The highest BCUT2D eigenvalue weighted by molar-refractivity contribution is 7.99. The first kappa shape index (κ1) is 17.1. The third-order valence-corrected chi connectivity index (χ3v) is 4.59. The second kappa shape index (κ2) is 9.07. The lowest BCUT2D eigenvalue weighted by Crippen LogP contribution is -2.48. The molecule has 3 N–H and O–H groups in total. The van der Waals surface area contributed by atoms with Gasteiger partial charge in [0.2, 0.25) is 0 Å². The van der Waals surface area contributed by atoms with Crippen LogP contribution in [-0.4, -0.2) is 54.4 Å². The van der Waals surface area contributed by atoms with Crippen molar-refractivity contribution in [3.63, 3.8) is 0 Å². The van der Waals surface area contributed by atoms with Crippen LogP contribution in [0.4, 0.5) is 4.79 Å². The van der Waals surface area contributed by atoms with E-state index in [1.807, 2.05) is 11.8 Å². The maximum atomic E-state index is 11.8. The number of carbonyl (C=O) groups is 2. The molecule has 116 valence electrons. The number of urea groups is 1. The summed E-state index contributed by atoms with van der Waals surface area (Å²) in [6.45, 7) is 0.491. The zero-order chi connectivity index (χ0) is 15.0. The molecule has 1 aliphatic rings. The van der Waals surface area contributed by atoms with Crippen molar-refractivity contribution in [1.29, 1.82) is 0 Å². The first-order chi connectivity index (χ1) is 9.56. The molecule has 3 unspecified atom stereocenters. The average molecular weight is 304 g/mol. The monoisotopic (exact) mass is 304 g/mol. The van der Waals surface area contributed by atoms with Crippen LogP contribution in [-0.2, 0) is 9.53 Å². The summed E-state index contributed by atoms with van der Waals surface area (Å²) in [5.74, 6) is -1.01. The van der Waals surface area contributed by atoms with Crippen molar-refractivity contribution in [2.45, 2.75) is 49.4 Å². The van der Waals surface area contributed by atoms with E-state index in [4.69, 9.17) is 9.84 Å². The number of hydrogen-bond acceptors (Lipinski definition) is 4. The summed E-state index contributed by atoms with van der Waals surface area (Å²) in [6.07, 6.45) is 6.06. The zero-order valence-corrected chi connectivity index (χ0v) is 12.9. The second-order valence-electron chi connectivity index (χ2n) is 5.01. The van der Waals surface area contributed by atoms with Gasteiger partial charge < -0.3 is 20.5 Å². The highest BCUT2D eigenvalue weighted by Crippen LogP contribution is 2.27. The number of aliphatic carboxylic acids is 1. The van der Waals surface area contributed by atoms with E-state index in [2.05, 4.69) is 16.9 Å². The fraction of sp³-hybridized carbons (Fsp3) is 0.846. The van der Waals surface area contributed by atoms with Gasteiger partial charge in [-0.05, 0) is 38.4 Å². The summed E-state index contributed by atoms with van der Waals surface area (Å²) in [5.41, 5.74) is 0. The third-order valence-electron chi connectivity index (χ3n) is 3.50. The van der Waals surface area contributed by atoms with Crippen molar-refractivity contribution in [2.75, 3.05) is 20.0 Å². The van der Waals surface area contributed by atoms with Gasteiger partial charge in [-0.1, -0.05) is 0 Å². The van der Waals surface area contributed by atoms with Gasteiger partial charge in [0.1, 0.15) is 6.04 Å². The van der Waals surface area contributed by atoms with Crippen molar-refractivity contribution in [3.8, 4) is 0 Å². The van der Waals surface area contributed by atoms with E-state index >= 15 is 0 Å². The summed E-state index contributed by atoms with van der Waals surface area (Å²) in [7, 11) is 1.57. The Balaban J connectivity index is 2.32. The first-order valence-corrected chi connectivity index (χ1v) is 8.17. The van der Waals surface area contributed by atoms with E-state index in [0.29, 0.717) is 24.7 Å². The van der Waals surface area contributed by atoms with Crippen molar-refractivity contribution in [1.82, 2.24) is 10.6 Å². The van der Waals surface area contributed by atoms with Gasteiger partial charge in [-0.3, -0.25) is 0 Å². The average Bonchev–Trinajstić information content (AvgIpc) is 2.85. The van der Waals surface area contributed by atoms with Gasteiger partial charge in [0.05, 0.1) is 0 Å². The Morgan fingerprint density at radius 1 is 1.45 bits per heavy atom. The van der Waals surface area contributed by atoms with Gasteiger partial charge in [-0.15, -0.1) is 0 Å². The number of nitrogens with one attached hydrogen (secondary N) is 2. The van der Waals surface area contributed by atoms with Crippen LogP contribution in [0.15, 0.2) is 0 Å². The molecular weight excluding hydrogens is 280 g/mol. The van der Waals surface area contributed by atoms with Crippen LogP contribution in [0.2, 0.25) is 0 Å². The Morgan fingerprint density at radius 2 is 2.20 bits per heavy atom. The number of ether oxygens (including phenoxy) is 1. The second-order valence-corrected chi connectivity index (χ2v) is 6.15. The summed E-state index contributed by atoms with van der Waals surface area (Å²) < 4.78 is 4.89. The van der Waals surface area contributed by atoms with Gasteiger partial charge in [0.15, 0.2) is 0 Å². The maximum Gasteiger partial charge on any atom is 0.326 e. The SMILES string of the molecule is COCCCC(NC(=O)NC1CCC(SC)C1)C(=O)O. The lowest BCUT2D eigenvalue weighted by Gasteiger charge is -2.18. The van der Waals surface area contributed by atoms with E-state index in [1.165, 1.54) is 0 Å². The van der Waals surface area contributed by atoms with Gasteiger partial charge in [0.25, 0.3) is 0 Å². The molecule has 1 aliphatic carbocycles. The molecule has 0 heterocycles. The Hall–Kier alpha value is -0.950. The molecule has 20 heavy (non-hydrogen) atoms. The van der Waals surface area contributed by atoms with E-state index < -0.39 is 12.0 Å². The predicted octanol–water partition coefficient (Wildman–Crippen LogP) is 1.45. The highest BCUT2D eigenvalue weighted by Gasteiger charge is 2.26. The molecular formula is C13H24N2O4S. The largest absolute Gasteiger partial charge is 0.480 e. The number of carboxylic acid groups (broad SMARTS) is 1. The summed E-state index contributed by atoms with van der Waals surface area (Å²) >= 11 is 1.82. The Bertz CT molecular complexity index is 327. The minimum Gasteiger partial charge on any atom is -0.480 e. The number of thioether (sulfide) groups is 1. The van der Waals surface area contributed by atoms with Crippen LogP contribution in [0.5, 0.6) is 0 Å². The minimum absolute atomic E-state index is 0.154. The molecule has 0 radical (unpaired) electrons. The van der Waals surface area contributed by atoms with Crippen molar-refractivity contribution >= 4 is 23.8 Å². The number of rotatable bonds is 8. The van der Waals surface area contributed by atoms with E-state index in [0.717, 1.165) is 19.3 Å². The third kappa shape index (κ3) is 6.00. The molecule has 1 saturated carbocycles. The molecule has 1 rings (SSSR count). The zero-order valence-electron chi connectivity index (χ0n) is 12.1. The fourth-order valence-corrected chi connectivity index (χ4v) is 3.16. The Morgan fingerprint density at radius 3 is 2.75 bits per heavy atom. The van der Waals surface area contributed by atoms with Gasteiger partial charge in [-0.2, -0.15) is 11.8 Å². The van der Waals surface area contributed by atoms with Crippen LogP contribution < -0.4 is 10.6 Å². The van der Waals surface area contributed by atoms with Crippen LogP contribution >= 0.6 is 11.8 Å². The molecule has 3 atom stereocenters. The van der Waals surface area contributed by atoms with Crippen LogP contribution in [0.1, 0.15) is 32.1 Å². The molecule has 0 spiro atoms. The van der Waals surface area contributed by atoms with Crippen molar-refractivity contribution in [2.24, 2.45) is 0 Å². The number of methoxy groups -OCH3 is 1. The molecule has 0 aromatic heterocycles. The Kier molecular flexibility index (Phi) is 7.76. The molecule has 1 fully saturated rings. The van der Waals surface area contributed by atoms with Gasteiger partial charge >= 0.3 is 12.0 Å². The van der Waals surface area contributed by atoms with E-state index in [1.54, 1.807) is 7.11 Å². The molecule has 7 heteroatoms. The van der Waals surface area contributed by atoms with E-state index in [9.17, 15) is 9.59 Å². The smallest absolute Gasteiger partial charge is 0.326 e. The lowest BCUT2D eigenvalue weighted by molar-refractivity contribution is -0.139. The molecule has 0 aromatic rings. The van der Waals surface area contributed by atoms with Gasteiger partial charge in [-0.25, -0.2) is 9.59 Å². The van der Waals surface area contributed by atoms with E-state index in [-0.39, 0.29) is 12.1 Å². The molecule has 0 aliphatic heterocycles. The normalized spacial score (nSPS) is 23.3. The van der Waals surface area contributed by atoms with Crippen molar-refractivity contribution < 1.29 is 19.4 Å². The summed E-state index contributed by atoms with van der Waals surface area (Å²) in [5, 5.41) is 15.1. The number of amides is 2. The van der Waals surface area contributed by atoms with Crippen LogP contribution in [0.3, 0.4) is 0 Å². The topological polar surface area (TPSA) is 87.7 Å². The molecule has 0 bridgehead atoms. The molecule has 0 saturated heterocycles. The number of carboxylic acids is 1. The quantitative estimate of drug-likeness (QED) is 0.591. The highest BCUT2D eigenvalue weighted by atomic mass is 32.2. The molecule has 0 aromatic carbocycles. The van der Waals surface area contributed by atoms with Crippen LogP contribution in [0.25, 0.3) is 0 Å². The number of hydrogen-bond donors (Lipinski definition) is 3. The summed E-state index contributed by atoms with van der Waals surface area (Å²) in [6, 6.07) is -1.09. The lowest BCUT2D eigenvalue weighted by atomic mass is 10.1. The summed E-state index contributed by atoms with van der Waals surface area (Å²) in [4.78, 5) is 22.9. The van der Waals surface area contributed by atoms with Crippen molar-refractivity contribution in [3.05, 3.63) is 0 Å². The standard InChI is InChI=1S/C13H24N2O4S/c1-19-7-3-4-11(12(16)17)15-13(18)14-9-5-6-10(8-9)20-2/h9-11H,3-8H2,1-2H3,(H,16,17)(H2,14,15,18). The maximum absolute atomic E-state index is 11.8.